The number of carbonyl (C=O) groups is 1. The highest BCUT2D eigenvalue weighted by atomic mass is 35.5. The number of imidazole rings is 1. The Hall–Kier alpha value is -4.33. The van der Waals surface area contributed by atoms with Gasteiger partial charge in [0.05, 0.1) is 46.3 Å². The van der Waals surface area contributed by atoms with Crippen LogP contribution in [0.25, 0.3) is 11.2 Å². The minimum absolute atomic E-state index is 0.0414. The second-order valence-electron chi connectivity index (χ2n) is 11.4. The molecule has 0 saturated heterocycles. The van der Waals surface area contributed by atoms with Crippen molar-refractivity contribution in [2.75, 3.05) is 41.3 Å². The lowest BCUT2D eigenvalue weighted by molar-refractivity contribution is -0.155. The Labute approximate surface area is 276 Å². The van der Waals surface area contributed by atoms with Gasteiger partial charge < -0.3 is 43.2 Å². The third kappa shape index (κ3) is 6.22. The summed E-state index contributed by atoms with van der Waals surface area (Å²) in [6, 6.07) is 7.05. The average molecular weight is 669 g/mol. The maximum Gasteiger partial charge on any atom is 0.310 e. The number of benzene rings is 2. The molecule has 1 aliphatic carbocycles. The molecule has 14 heteroatoms. The zero-order valence-corrected chi connectivity index (χ0v) is 27.1. The number of methoxy groups -OCH3 is 3. The van der Waals surface area contributed by atoms with Crippen LogP contribution in [0.3, 0.4) is 0 Å². The van der Waals surface area contributed by atoms with Crippen LogP contribution in [0.1, 0.15) is 54.4 Å². The number of aromatic nitrogens is 4. The van der Waals surface area contributed by atoms with Crippen molar-refractivity contribution >= 4 is 28.7 Å². The highest BCUT2D eigenvalue weighted by molar-refractivity contribution is 6.33. The van der Waals surface area contributed by atoms with Crippen LogP contribution in [0.5, 0.6) is 28.7 Å². The fourth-order valence-electron chi connectivity index (χ4n) is 6.58. The Bertz CT molecular complexity index is 1720. The van der Waals surface area contributed by atoms with Crippen molar-refractivity contribution in [1.29, 1.82) is 0 Å². The predicted molar refractivity (Wildman–Crippen MR) is 169 cm³/mol. The molecule has 13 nitrogen and oxygen atoms in total. The summed E-state index contributed by atoms with van der Waals surface area (Å²) in [5.41, 5.74) is 3.12. The van der Waals surface area contributed by atoms with Crippen molar-refractivity contribution < 1.29 is 43.4 Å². The van der Waals surface area contributed by atoms with Crippen LogP contribution in [0, 0.1) is 11.8 Å². The molecule has 4 aromatic rings. The van der Waals surface area contributed by atoms with E-state index in [0.29, 0.717) is 68.2 Å². The van der Waals surface area contributed by atoms with Gasteiger partial charge in [0, 0.05) is 25.0 Å². The molecule has 47 heavy (non-hydrogen) atoms. The van der Waals surface area contributed by atoms with E-state index in [1.54, 1.807) is 30.6 Å². The van der Waals surface area contributed by atoms with Gasteiger partial charge in [-0.25, -0.2) is 15.0 Å². The van der Waals surface area contributed by atoms with Gasteiger partial charge in [-0.05, 0) is 60.2 Å². The van der Waals surface area contributed by atoms with E-state index in [4.69, 9.17) is 40.0 Å². The molecule has 0 spiro atoms. The Morgan fingerprint density at radius 3 is 2.34 bits per heavy atom. The predicted octanol–water partition coefficient (Wildman–Crippen LogP) is 4.44. The summed E-state index contributed by atoms with van der Waals surface area (Å²) in [6.45, 7) is 0.501. The van der Waals surface area contributed by atoms with Crippen LogP contribution in [-0.4, -0.2) is 77.0 Å². The first kappa shape index (κ1) is 32.6. The van der Waals surface area contributed by atoms with Gasteiger partial charge >= 0.3 is 5.97 Å². The molecule has 3 heterocycles. The van der Waals surface area contributed by atoms with Crippen molar-refractivity contribution in [3.05, 3.63) is 58.8 Å². The molecule has 0 unspecified atom stereocenters. The first-order chi connectivity index (χ1) is 22.9. The van der Waals surface area contributed by atoms with Crippen molar-refractivity contribution in [2.24, 2.45) is 11.8 Å². The van der Waals surface area contributed by atoms with Crippen LogP contribution < -0.4 is 23.7 Å². The van der Waals surface area contributed by atoms with Crippen LogP contribution in [0.15, 0.2) is 36.9 Å². The Morgan fingerprint density at radius 1 is 0.957 bits per heavy atom. The van der Waals surface area contributed by atoms with Gasteiger partial charge in [0.2, 0.25) is 12.5 Å². The van der Waals surface area contributed by atoms with E-state index in [1.807, 2.05) is 4.57 Å². The number of fused-ring (bicyclic) bond motifs is 3. The number of aryl methyl sites for hydroxylation is 1. The number of rotatable bonds is 13. The van der Waals surface area contributed by atoms with Crippen LogP contribution in [-0.2, 0) is 16.1 Å². The lowest BCUT2D eigenvalue weighted by Gasteiger charge is -2.41. The minimum atomic E-state index is -1.15. The summed E-state index contributed by atoms with van der Waals surface area (Å²) in [5.74, 6) is -0.767. The molecule has 6 rings (SSSR count). The standard InChI is InChI=1S/C33H37ClN4O9/c1-42-24-10-18(11-25(43-2)30(24)44-3)26-19-12-22-23(47-17-46-22)13-20(19)29(40)21(14-39)27(26)33(41)45-9-7-5-4-6-8-38-16-37-28-31(34)35-15-36-32(28)38/h10-13,15-16,21,26-27,29,39-40H,4-9,14,17H2,1-3H3/t21-,26+,27+,29-/m0/s1. The quantitative estimate of drug-likeness (QED) is 0.117. The summed E-state index contributed by atoms with van der Waals surface area (Å²) < 4.78 is 35.8. The Morgan fingerprint density at radius 2 is 1.66 bits per heavy atom. The number of hydrogen-bond donors (Lipinski definition) is 2. The maximum absolute atomic E-state index is 13.9. The molecule has 2 aromatic carbocycles. The van der Waals surface area contributed by atoms with Crippen LogP contribution in [0.2, 0.25) is 5.15 Å². The van der Waals surface area contributed by atoms with Gasteiger partial charge in [0.15, 0.2) is 33.8 Å². The summed E-state index contributed by atoms with van der Waals surface area (Å²) >= 11 is 6.10. The van der Waals surface area contributed by atoms with E-state index in [1.165, 1.54) is 27.7 Å². The van der Waals surface area contributed by atoms with E-state index in [0.717, 1.165) is 25.8 Å². The molecule has 0 bridgehead atoms. The van der Waals surface area contributed by atoms with Gasteiger partial charge in [-0.3, -0.25) is 4.79 Å². The first-order valence-corrected chi connectivity index (χ1v) is 15.8. The first-order valence-electron chi connectivity index (χ1n) is 15.4. The number of halogens is 1. The topological polar surface area (TPSA) is 157 Å². The zero-order valence-electron chi connectivity index (χ0n) is 26.3. The second kappa shape index (κ2) is 14.2. The highest BCUT2D eigenvalue weighted by Crippen LogP contribution is 2.54. The Balaban J connectivity index is 1.20. The van der Waals surface area contributed by atoms with E-state index in [9.17, 15) is 15.0 Å². The Kier molecular flexibility index (Phi) is 9.85. The van der Waals surface area contributed by atoms with Crippen LogP contribution in [0.4, 0.5) is 0 Å². The summed E-state index contributed by atoms with van der Waals surface area (Å²) in [6.07, 6.45) is 5.22. The maximum atomic E-state index is 13.9. The number of nitrogens with zero attached hydrogens (tertiary/aromatic N) is 4. The summed E-state index contributed by atoms with van der Waals surface area (Å²) in [5, 5.41) is 22.4. The average Bonchev–Trinajstić information content (AvgIpc) is 3.73. The van der Waals surface area contributed by atoms with Crippen molar-refractivity contribution in [1.82, 2.24) is 19.5 Å². The summed E-state index contributed by atoms with van der Waals surface area (Å²) in [7, 11) is 4.54. The molecule has 4 atom stereocenters. The molecule has 2 N–H and O–H groups in total. The molecule has 0 amide bonds. The van der Waals surface area contributed by atoms with Crippen molar-refractivity contribution in [2.45, 2.75) is 44.2 Å². The van der Waals surface area contributed by atoms with Crippen molar-refractivity contribution in [3.63, 3.8) is 0 Å². The molecule has 250 valence electrons. The van der Waals surface area contributed by atoms with E-state index < -0.39 is 36.4 Å². The third-order valence-corrected chi connectivity index (χ3v) is 9.16. The largest absolute Gasteiger partial charge is 0.493 e. The van der Waals surface area contributed by atoms with Gasteiger partial charge in [-0.2, -0.15) is 0 Å². The lowest BCUT2D eigenvalue weighted by Crippen LogP contribution is -2.41. The molecular formula is C33H37ClN4O9. The molecule has 2 aromatic heterocycles. The number of carbonyl (C=O) groups excluding carboxylic acids is 1. The molecule has 1 aliphatic heterocycles. The molecule has 2 aliphatic rings. The zero-order chi connectivity index (χ0) is 33.1. The SMILES string of the molecule is COc1cc([C@@H]2c3cc4c(cc3[C@H](O)[C@@H](CO)[C@H]2C(=O)OCCCCCCn2cnc3c(Cl)ncnc32)OCO4)cc(OC)c1OC. The number of ether oxygens (including phenoxy) is 6. The van der Waals surface area contributed by atoms with E-state index in [2.05, 4.69) is 15.0 Å². The normalized spacial score (nSPS) is 19.8. The number of aliphatic hydroxyl groups excluding tert-OH is 2. The molecule has 0 fully saturated rings. The molecular weight excluding hydrogens is 632 g/mol. The smallest absolute Gasteiger partial charge is 0.310 e. The van der Waals surface area contributed by atoms with Gasteiger partial charge in [0.25, 0.3) is 0 Å². The van der Waals surface area contributed by atoms with Crippen molar-refractivity contribution in [3.8, 4) is 28.7 Å². The fourth-order valence-corrected chi connectivity index (χ4v) is 6.76. The highest BCUT2D eigenvalue weighted by Gasteiger charge is 2.48. The number of aliphatic hydroxyl groups is 2. The monoisotopic (exact) mass is 668 g/mol. The number of esters is 1. The van der Waals surface area contributed by atoms with Gasteiger partial charge in [-0.1, -0.05) is 18.0 Å². The minimum Gasteiger partial charge on any atom is -0.493 e. The van der Waals surface area contributed by atoms with E-state index in [-0.39, 0.29) is 13.4 Å². The van der Waals surface area contributed by atoms with Gasteiger partial charge in [0.1, 0.15) is 11.8 Å². The second-order valence-corrected chi connectivity index (χ2v) is 11.8. The van der Waals surface area contributed by atoms with E-state index >= 15 is 0 Å². The fraction of sp³-hybridized carbons (Fsp3) is 0.455. The summed E-state index contributed by atoms with van der Waals surface area (Å²) in [4.78, 5) is 26.5. The third-order valence-electron chi connectivity index (χ3n) is 8.88. The van der Waals surface area contributed by atoms with Crippen LogP contribution >= 0.6 is 11.6 Å². The molecule has 0 radical (unpaired) electrons. The number of hydrogen-bond acceptors (Lipinski definition) is 12. The molecule has 0 saturated carbocycles. The lowest BCUT2D eigenvalue weighted by atomic mass is 9.65. The van der Waals surface area contributed by atoms with Gasteiger partial charge in [-0.15, -0.1) is 0 Å². The number of unbranched alkanes of at least 4 members (excludes halogenated alkanes) is 3.